The predicted octanol–water partition coefficient (Wildman–Crippen LogP) is 1.27. The van der Waals surface area contributed by atoms with Crippen LogP contribution in [0.5, 0.6) is 0 Å². The average Bonchev–Trinajstić information content (AvgIpc) is 2.55. The molecular weight excluding hydrogens is 256 g/mol. The van der Waals surface area contributed by atoms with Crippen LogP contribution in [-0.4, -0.2) is 60.5 Å². The van der Waals surface area contributed by atoms with Crippen molar-refractivity contribution in [2.75, 3.05) is 32.8 Å². The van der Waals surface area contributed by atoms with Gasteiger partial charge in [-0.25, -0.2) is 0 Å². The van der Waals surface area contributed by atoms with Gasteiger partial charge in [-0.1, -0.05) is 13.8 Å². The molecule has 1 atom stereocenters. The van der Waals surface area contributed by atoms with Crippen molar-refractivity contribution < 1.29 is 14.3 Å². The van der Waals surface area contributed by atoms with Gasteiger partial charge >= 0.3 is 0 Å². The largest absolute Gasteiger partial charge is 0.379 e. The second-order valence-electron chi connectivity index (χ2n) is 6.14. The molecule has 20 heavy (non-hydrogen) atoms. The standard InChI is InChI=1S/C15H26N2O3/c1-12(2)11-20-10-9-16-8-6-14(18)17-7-4-3-5-13(17)15(16)19/h12-13H,3-11H2,1-2H3. The highest BCUT2D eigenvalue weighted by molar-refractivity contribution is 5.90. The molecule has 2 aliphatic heterocycles. The van der Waals surface area contributed by atoms with Crippen LogP contribution in [0.3, 0.4) is 0 Å². The first kappa shape index (κ1) is 15.3. The third-order valence-electron chi connectivity index (χ3n) is 3.97. The maximum Gasteiger partial charge on any atom is 0.245 e. The minimum absolute atomic E-state index is 0.115. The number of carbonyl (C=O) groups excluding carboxylic acids is 2. The van der Waals surface area contributed by atoms with Gasteiger partial charge in [0.1, 0.15) is 6.04 Å². The van der Waals surface area contributed by atoms with Crippen molar-refractivity contribution in [3.8, 4) is 0 Å². The van der Waals surface area contributed by atoms with Crippen molar-refractivity contribution in [1.82, 2.24) is 9.80 Å². The summed E-state index contributed by atoms with van der Waals surface area (Å²) in [5.74, 6) is 0.752. The molecule has 5 nitrogen and oxygen atoms in total. The summed E-state index contributed by atoms with van der Waals surface area (Å²) in [7, 11) is 0. The highest BCUT2D eigenvalue weighted by Gasteiger charge is 2.37. The zero-order valence-corrected chi connectivity index (χ0v) is 12.6. The molecule has 5 heteroatoms. The lowest BCUT2D eigenvalue weighted by Gasteiger charge is -2.34. The van der Waals surface area contributed by atoms with E-state index in [4.69, 9.17) is 4.74 Å². The molecule has 0 aromatic heterocycles. The summed E-state index contributed by atoms with van der Waals surface area (Å²) >= 11 is 0. The first-order valence-corrected chi connectivity index (χ1v) is 7.75. The molecular formula is C15H26N2O3. The maximum atomic E-state index is 12.5. The van der Waals surface area contributed by atoms with Gasteiger partial charge < -0.3 is 14.5 Å². The van der Waals surface area contributed by atoms with Crippen LogP contribution >= 0.6 is 0 Å². The lowest BCUT2D eigenvalue weighted by molar-refractivity contribution is -0.143. The topological polar surface area (TPSA) is 49.9 Å². The quantitative estimate of drug-likeness (QED) is 0.714. The van der Waals surface area contributed by atoms with Gasteiger partial charge in [0.15, 0.2) is 0 Å². The number of piperidine rings is 1. The molecule has 0 spiro atoms. The summed E-state index contributed by atoms with van der Waals surface area (Å²) in [6.45, 7) is 7.37. The van der Waals surface area contributed by atoms with Crippen molar-refractivity contribution in [3.05, 3.63) is 0 Å². The number of hydrogen-bond acceptors (Lipinski definition) is 3. The van der Waals surface area contributed by atoms with Crippen LogP contribution in [0.1, 0.15) is 39.5 Å². The molecule has 2 saturated heterocycles. The number of fused-ring (bicyclic) bond motifs is 1. The van der Waals surface area contributed by atoms with E-state index < -0.39 is 0 Å². The molecule has 1 unspecified atom stereocenters. The summed E-state index contributed by atoms with van der Waals surface area (Å²) in [5.41, 5.74) is 0. The van der Waals surface area contributed by atoms with Gasteiger partial charge in [-0.3, -0.25) is 9.59 Å². The second kappa shape index (κ2) is 7.07. The first-order valence-electron chi connectivity index (χ1n) is 7.75. The van der Waals surface area contributed by atoms with Crippen molar-refractivity contribution in [2.24, 2.45) is 5.92 Å². The number of rotatable bonds is 5. The number of amides is 2. The lowest BCUT2D eigenvalue weighted by atomic mass is 10.0. The summed E-state index contributed by atoms with van der Waals surface area (Å²) in [6.07, 6.45) is 3.32. The van der Waals surface area contributed by atoms with Crippen LogP contribution in [0.2, 0.25) is 0 Å². The molecule has 2 fully saturated rings. The molecule has 2 amide bonds. The Hall–Kier alpha value is -1.10. The van der Waals surface area contributed by atoms with Crippen molar-refractivity contribution >= 4 is 11.8 Å². The summed E-state index contributed by atoms with van der Waals surface area (Å²) < 4.78 is 5.56. The molecule has 2 heterocycles. The fraction of sp³-hybridized carbons (Fsp3) is 0.867. The molecule has 2 aliphatic rings. The van der Waals surface area contributed by atoms with Crippen LogP contribution in [0.15, 0.2) is 0 Å². The number of hydrogen-bond donors (Lipinski definition) is 0. The number of nitrogens with zero attached hydrogens (tertiary/aromatic N) is 2. The normalized spacial score (nSPS) is 24.1. The molecule has 0 aliphatic carbocycles. The number of ether oxygens (including phenoxy) is 1. The zero-order valence-electron chi connectivity index (χ0n) is 12.6. The Morgan fingerprint density at radius 1 is 1.25 bits per heavy atom. The van der Waals surface area contributed by atoms with E-state index in [0.29, 0.717) is 32.0 Å². The first-order chi connectivity index (χ1) is 9.59. The smallest absolute Gasteiger partial charge is 0.245 e. The third-order valence-corrected chi connectivity index (χ3v) is 3.97. The Balaban J connectivity index is 1.90. The lowest BCUT2D eigenvalue weighted by Crippen LogP contribution is -2.50. The van der Waals surface area contributed by atoms with Crippen molar-refractivity contribution in [1.29, 1.82) is 0 Å². The van der Waals surface area contributed by atoms with E-state index in [1.165, 1.54) is 0 Å². The number of carbonyl (C=O) groups is 2. The predicted molar refractivity (Wildman–Crippen MR) is 76.2 cm³/mol. The highest BCUT2D eigenvalue weighted by Crippen LogP contribution is 2.22. The van der Waals surface area contributed by atoms with Crippen LogP contribution in [0.25, 0.3) is 0 Å². The van der Waals surface area contributed by atoms with Gasteiger partial charge in [0, 0.05) is 32.7 Å². The van der Waals surface area contributed by atoms with Crippen LogP contribution in [-0.2, 0) is 14.3 Å². The summed E-state index contributed by atoms with van der Waals surface area (Å²) in [4.78, 5) is 28.2. The molecule has 114 valence electrons. The Morgan fingerprint density at radius 2 is 2.05 bits per heavy atom. The van der Waals surface area contributed by atoms with E-state index in [9.17, 15) is 9.59 Å². The molecule has 0 saturated carbocycles. The van der Waals surface area contributed by atoms with E-state index in [1.807, 2.05) is 4.90 Å². The molecule has 0 N–H and O–H groups in total. The molecule has 0 bridgehead atoms. The Labute approximate surface area is 121 Å². The SMILES string of the molecule is CC(C)COCCN1CCC(=O)N2CCCCC2C1=O. The monoisotopic (exact) mass is 282 g/mol. The molecule has 2 rings (SSSR count). The van der Waals surface area contributed by atoms with Gasteiger partial charge in [0.25, 0.3) is 0 Å². The van der Waals surface area contributed by atoms with E-state index in [1.54, 1.807) is 4.90 Å². The van der Waals surface area contributed by atoms with Crippen LogP contribution in [0.4, 0.5) is 0 Å². The molecule has 0 radical (unpaired) electrons. The fourth-order valence-corrected chi connectivity index (χ4v) is 2.90. The second-order valence-corrected chi connectivity index (χ2v) is 6.14. The summed E-state index contributed by atoms with van der Waals surface area (Å²) in [6, 6.07) is -0.219. The molecule has 0 aromatic rings. The van der Waals surface area contributed by atoms with E-state index in [2.05, 4.69) is 13.8 Å². The van der Waals surface area contributed by atoms with Gasteiger partial charge in [-0.15, -0.1) is 0 Å². The maximum absolute atomic E-state index is 12.5. The average molecular weight is 282 g/mol. The van der Waals surface area contributed by atoms with Crippen LogP contribution < -0.4 is 0 Å². The van der Waals surface area contributed by atoms with Gasteiger partial charge in [-0.05, 0) is 25.2 Å². The van der Waals surface area contributed by atoms with E-state index >= 15 is 0 Å². The minimum atomic E-state index is -0.219. The van der Waals surface area contributed by atoms with Gasteiger partial charge in [0.2, 0.25) is 11.8 Å². The minimum Gasteiger partial charge on any atom is -0.379 e. The van der Waals surface area contributed by atoms with E-state index in [-0.39, 0.29) is 17.9 Å². The Morgan fingerprint density at radius 3 is 2.80 bits per heavy atom. The zero-order chi connectivity index (χ0) is 14.5. The van der Waals surface area contributed by atoms with Gasteiger partial charge in [0.05, 0.1) is 6.61 Å². The van der Waals surface area contributed by atoms with Gasteiger partial charge in [-0.2, -0.15) is 0 Å². The summed E-state index contributed by atoms with van der Waals surface area (Å²) in [5, 5.41) is 0. The Bertz CT molecular complexity index is 357. The molecule has 0 aromatic carbocycles. The van der Waals surface area contributed by atoms with E-state index in [0.717, 1.165) is 32.4 Å². The van der Waals surface area contributed by atoms with Crippen molar-refractivity contribution in [2.45, 2.75) is 45.6 Å². The fourth-order valence-electron chi connectivity index (χ4n) is 2.90. The van der Waals surface area contributed by atoms with Crippen LogP contribution in [0, 0.1) is 5.92 Å². The Kier molecular flexibility index (Phi) is 5.40. The third kappa shape index (κ3) is 3.72. The highest BCUT2D eigenvalue weighted by atomic mass is 16.5. The van der Waals surface area contributed by atoms with Crippen molar-refractivity contribution in [3.63, 3.8) is 0 Å².